The van der Waals surface area contributed by atoms with Crippen LogP contribution in [0.2, 0.25) is 0 Å². The second-order valence-corrected chi connectivity index (χ2v) is 7.30. The fourth-order valence-electron chi connectivity index (χ4n) is 3.04. The number of rotatable bonds is 18. The van der Waals surface area contributed by atoms with Crippen LogP contribution in [0.3, 0.4) is 0 Å². The first kappa shape index (κ1) is 24.1. The SMILES string of the molecule is CCCCCCCCCCC(=O)OC(=O)CCCCCCCCCC. The van der Waals surface area contributed by atoms with E-state index in [1.807, 2.05) is 0 Å². The fraction of sp³-hybridized carbons (Fsp3) is 0.909. The molecule has 0 aliphatic carbocycles. The minimum absolute atomic E-state index is 0.337. The summed E-state index contributed by atoms with van der Waals surface area (Å²) in [5.41, 5.74) is 0. The molecular weight excluding hydrogens is 312 g/mol. The molecule has 0 aromatic carbocycles. The Morgan fingerprint density at radius 3 is 1.08 bits per heavy atom. The first-order valence-electron chi connectivity index (χ1n) is 10.9. The van der Waals surface area contributed by atoms with Crippen molar-refractivity contribution in [2.75, 3.05) is 0 Å². The van der Waals surface area contributed by atoms with Crippen molar-refractivity contribution in [3.05, 3.63) is 0 Å². The van der Waals surface area contributed by atoms with E-state index >= 15 is 0 Å². The second kappa shape index (κ2) is 19.5. The predicted molar refractivity (Wildman–Crippen MR) is 106 cm³/mol. The van der Waals surface area contributed by atoms with Crippen LogP contribution in [0.25, 0.3) is 0 Å². The monoisotopic (exact) mass is 354 g/mol. The smallest absolute Gasteiger partial charge is 0.313 e. The molecule has 3 heteroatoms. The number of esters is 2. The van der Waals surface area contributed by atoms with Crippen molar-refractivity contribution < 1.29 is 14.3 Å². The van der Waals surface area contributed by atoms with Crippen molar-refractivity contribution in [1.82, 2.24) is 0 Å². The largest absolute Gasteiger partial charge is 0.393 e. The van der Waals surface area contributed by atoms with Gasteiger partial charge in [0.05, 0.1) is 0 Å². The summed E-state index contributed by atoms with van der Waals surface area (Å²) < 4.78 is 4.89. The summed E-state index contributed by atoms with van der Waals surface area (Å²) in [6.07, 6.45) is 19.9. The molecule has 0 aromatic heterocycles. The van der Waals surface area contributed by atoms with E-state index in [4.69, 9.17) is 4.74 Å². The van der Waals surface area contributed by atoms with Crippen LogP contribution in [-0.4, -0.2) is 11.9 Å². The lowest BCUT2D eigenvalue weighted by molar-refractivity contribution is -0.159. The fourth-order valence-corrected chi connectivity index (χ4v) is 3.04. The van der Waals surface area contributed by atoms with Crippen molar-refractivity contribution in [3.63, 3.8) is 0 Å². The van der Waals surface area contributed by atoms with Gasteiger partial charge in [-0.2, -0.15) is 0 Å². The number of carbonyl (C=O) groups is 2. The van der Waals surface area contributed by atoms with Gasteiger partial charge < -0.3 is 4.74 Å². The molecule has 0 atom stereocenters. The van der Waals surface area contributed by atoms with Crippen LogP contribution in [0.4, 0.5) is 0 Å². The molecular formula is C22H42O3. The maximum atomic E-state index is 11.6. The molecule has 0 amide bonds. The van der Waals surface area contributed by atoms with Gasteiger partial charge in [0.2, 0.25) is 0 Å². The summed E-state index contributed by atoms with van der Waals surface area (Å²) >= 11 is 0. The lowest BCUT2D eigenvalue weighted by atomic mass is 10.1. The Kier molecular flexibility index (Phi) is 18.8. The third-order valence-corrected chi connectivity index (χ3v) is 4.70. The van der Waals surface area contributed by atoms with Crippen LogP contribution >= 0.6 is 0 Å². The lowest BCUT2D eigenvalue weighted by Gasteiger charge is -2.04. The molecule has 0 saturated heterocycles. The van der Waals surface area contributed by atoms with E-state index in [0.29, 0.717) is 12.8 Å². The van der Waals surface area contributed by atoms with Gasteiger partial charge in [0, 0.05) is 12.8 Å². The Hall–Kier alpha value is -0.860. The Labute approximate surface area is 156 Å². The minimum atomic E-state index is -0.337. The zero-order valence-electron chi connectivity index (χ0n) is 17.0. The summed E-state index contributed by atoms with van der Waals surface area (Å²) in [7, 11) is 0. The van der Waals surface area contributed by atoms with Gasteiger partial charge in [-0.25, -0.2) is 0 Å². The van der Waals surface area contributed by atoms with E-state index < -0.39 is 0 Å². The topological polar surface area (TPSA) is 43.4 Å². The Balaban J connectivity index is 3.34. The summed E-state index contributed by atoms with van der Waals surface area (Å²) in [4.78, 5) is 23.2. The van der Waals surface area contributed by atoms with Gasteiger partial charge in [0.1, 0.15) is 0 Å². The maximum absolute atomic E-state index is 11.6. The van der Waals surface area contributed by atoms with Gasteiger partial charge in [-0.15, -0.1) is 0 Å². The van der Waals surface area contributed by atoms with E-state index in [0.717, 1.165) is 25.7 Å². The van der Waals surface area contributed by atoms with Crippen molar-refractivity contribution in [3.8, 4) is 0 Å². The molecule has 0 N–H and O–H groups in total. The van der Waals surface area contributed by atoms with Crippen molar-refractivity contribution in [2.45, 2.75) is 129 Å². The van der Waals surface area contributed by atoms with Crippen molar-refractivity contribution in [2.24, 2.45) is 0 Å². The molecule has 0 aromatic rings. The normalized spacial score (nSPS) is 10.8. The lowest BCUT2D eigenvalue weighted by Crippen LogP contribution is -2.11. The van der Waals surface area contributed by atoms with E-state index in [2.05, 4.69) is 13.8 Å². The van der Waals surface area contributed by atoms with Gasteiger partial charge in [-0.05, 0) is 12.8 Å². The molecule has 25 heavy (non-hydrogen) atoms. The molecule has 3 nitrogen and oxygen atoms in total. The number of carbonyl (C=O) groups excluding carboxylic acids is 2. The van der Waals surface area contributed by atoms with Gasteiger partial charge >= 0.3 is 11.9 Å². The average Bonchev–Trinajstić information content (AvgIpc) is 2.59. The summed E-state index contributed by atoms with van der Waals surface area (Å²) in [5, 5.41) is 0. The zero-order valence-corrected chi connectivity index (χ0v) is 17.0. The average molecular weight is 355 g/mol. The second-order valence-electron chi connectivity index (χ2n) is 7.30. The number of ether oxygens (including phenoxy) is 1. The Morgan fingerprint density at radius 2 is 0.760 bits per heavy atom. The zero-order chi connectivity index (χ0) is 18.6. The molecule has 0 aliphatic heterocycles. The highest BCUT2D eigenvalue weighted by atomic mass is 16.6. The molecule has 148 valence electrons. The van der Waals surface area contributed by atoms with Gasteiger partial charge in [-0.3, -0.25) is 9.59 Å². The molecule has 0 radical (unpaired) electrons. The summed E-state index contributed by atoms with van der Waals surface area (Å²) in [6, 6.07) is 0. The van der Waals surface area contributed by atoms with Gasteiger partial charge in [-0.1, -0.05) is 104 Å². The number of hydrogen-bond donors (Lipinski definition) is 0. The Bertz CT molecular complexity index is 282. The number of unbranched alkanes of at least 4 members (excludes halogenated alkanes) is 14. The first-order chi connectivity index (χ1) is 12.2. The molecule has 0 bridgehead atoms. The minimum Gasteiger partial charge on any atom is -0.393 e. The molecule has 0 aliphatic rings. The van der Waals surface area contributed by atoms with E-state index in [1.165, 1.54) is 77.0 Å². The van der Waals surface area contributed by atoms with Gasteiger partial charge in [0.15, 0.2) is 0 Å². The first-order valence-corrected chi connectivity index (χ1v) is 10.9. The predicted octanol–water partition coefficient (Wildman–Crippen LogP) is 7.12. The third-order valence-electron chi connectivity index (χ3n) is 4.70. The van der Waals surface area contributed by atoms with Crippen LogP contribution in [0.15, 0.2) is 0 Å². The van der Waals surface area contributed by atoms with Crippen LogP contribution in [-0.2, 0) is 14.3 Å². The van der Waals surface area contributed by atoms with Crippen LogP contribution < -0.4 is 0 Å². The highest BCUT2D eigenvalue weighted by Gasteiger charge is 2.09. The Morgan fingerprint density at radius 1 is 0.480 bits per heavy atom. The molecule has 0 saturated carbocycles. The van der Waals surface area contributed by atoms with E-state index in [1.54, 1.807) is 0 Å². The molecule has 0 rings (SSSR count). The standard InChI is InChI=1S/C22H42O3/c1-3-5-7-9-11-13-15-17-19-21(23)25-22(24)20-18-16-14-12-10-8-6-4-2/h3-20H2,1-2H3. The molecule has 0 unspecified atom stereocenters. The van der Waals surface area contributed by atoms with E-state index in [9.17, 15) is 9.59 Å². The highest BCUT2D eigenvalue weighted by Crippen LogP contribution is 2.11. The molecule has 0 spiro atoms. The van der Waals surface area contributed by atoms with E-state index in [-0.39, 0.29) is 11.9 Å². The van der Waals surface area contributed by atoms with Crippen LogP contribution in [0, 0.1) is 0 Å². The quantitative estimate of drug-likeness (QED) is 0.149. The van der Waals surface area contributed by atoms with Crippen molar-refractivity contribution >= 4 is 11.9 Å². The highest BCUT2D eigenvalue weighted by molar-refractivity contribution is 5.85. The summed E-state index contributed by atoms with van der Waals surface area (Å²) in [5.74, 6) is -0.675. The van der Waals surface area contributed by atoms with Crippen molar-refractivity contribution in [1.29, 1.82) is 0 Å². The molecule has 0 fully saturated rings. The molecule has 0 heterocycles. The summed E-state index contributed by atoms with van der Waals surface area (Å²) in [6.45, 7) is 4.45. The van der Waals surface area contributed by atoms with Crippen LogP contribution in [0.1, 0.15) is 129 Å². The van der Waals surface area contributed by atoms with Gasteiger partial charge in [0.25, 0.3) is 0 Å². The third kappa shape index (κ3) is 19.3. The maximum Gasteiger partial charge on any atom is 0.313 e. The van der Waals surface area contributed by atoms with Crippen LogP contribution in [0.5, 0.6) is 0 Å². The number of hydrogen-bond acceptors (Lipinski definition) is 3.